The number of rotatable bonds is 4. The topological polar surface area (TPSA) is 26.3 Å². The summed E-state index contributed by atoms with van der Waals surface area (Å²) in [5, 5.41) is 0. The fourth-order valence-corrected chi connectivity index (χ4v) is 5.80. The zero-order valence-electron chi connectivity index (χ0n) is 12.7. The first-order valence-electron chi connectivity index (χ1n) is 8.25. The Hall–Kier alpha value is -1.31. The van der Waals surface area contributed by atoms with Crippen LogP contribution in [0.1, 0.15) is 49.7 Å². The van der Waals surface area contributed by atoms with Crippen molar-refractivity contribution in [1.82, 2.24) is 0 Å². The van der Waals surface area contributed by atoms with Crippen molar-refractivity contribution in [2.75, 3.05) is 7.11 Å². The quantitative estimate of drug-likeness (QED) is 0.840. The molecule has 2 heteroatoms. The fourth-order valence-electron chi connectivity index (χ4n) is 5.80. The first-order chi connectivity index (χ1) is 10.2. The Morgan fingerprint density at radius 3 is 2.29 bits per heavy atom. The molecule has 4 fully saturated rings. The molecule has 1 radical (unpaired) electrons. The van der Waals surface area contributed by atoms with E-state index in [1.165, 1.54) is 44.1 Å². The molecule has 4 bridgehead atoms. The van der Waals surface area contributed by atoms with E-state index in [1.54, 1.807) is 7.11 Å². The van der Waals surface area contributed by atoms with Crippen molar-refractivity contribution in [2.45, 2.75) is 50.4 Å². The molecular weight excluding hydrogens is 260 g/mol. The van der Waals surface area contributed by atoms with Gasteiger partial charge in [0.1, 0.15) is 5.75 Å². The van der Waals surface area contributed by atoms with Crippen molar-refractivity contribution in [1.29, 1.82) is 0 Å². The van der Waals surface area contributed by atoms with Crippen molar-refractivity contribution >= 4 is 6.29 Å². The van der Waals surface area contributed by atoms with Gasteiger partial charge in [0.2, 0.25) is 6.29 Å². The van der Waals surface area contributed by atoms with Gasteiger partial charge in [-0.1, -0.05) is 12.1 Å². The lowest BCUT2D eigenvalue weighted by Gasteiger charge is -2.57. The summed E-state index contributed by atoms with van der Waals surface area (Å²) in [6.07, 6.45) is 10.7. The maximum Gasteiger partial charge on any atom is 0.203 e. The summed E-state index contributed by atoms with van der Waals surface area (Å²) in [5.41, 5.74) is 2.77. The van der Waals surface area contributed by atoms with E-state index in [-0.39, 0.29) is 0 Å². The van der Waals surface area contributed by atoms with Crippen LogP contribution < -0.4 is 4.74 Å². The van der Waals surface area contributed by atoms with Gasteiger partial charge in [-0.05, 0) is 73.3 Å². The van der Waals surface area contributed by atoms with Gasteiger partial charge in [-0.15, -0.1) is 0 Å². The second-order valence-electron chi connectivity index (χ2n) is 7.55. The molecule has 0 aromatic heterocycles. The third kappa shape index (κ3) is 2.11. The molecule has 4 aliphatic carbocycles. The molecule has 1 aromatic rings. The summed E-state index contributed by atoms with van der Waals surface area (Å²) in [6.45, 7) is 0. The molecule has 0 saturated heterocycles. The van der Waals surface area contributed by atoms with Gasteiger partial charge < -0.3 is 4.74 Å². The van der Waals surface area contributed by atoms with Gasteiger partial charge in [0.25, 0.3) is 0 Å². The maximum atomic E-state index is 10.7. The van der Waals surface area contributed by atoms with Crippen LogP contribution in [-0.2, 0) is 16.6 Å². The number of benzene rings is 1. The fraction of sp³-hybridized carbons (Fsp3) is 0.632. The summed E-state index contributed by atoms with van der Waals surface area (Å²) >= 11 is 0. The van der Waals surface area contributed by atoms with Crippen LogP contribution in [0, 0.1) is 17.8 Å². The molecule has 0 spiro atoms. The molecule has 0 aliphatic heterocycles. The summed E-state index contributed by atoms with van der Waals surface area (Å²) in [7, 11) is 1.77. The zero-order valence-corrected chi connectivity index (χ0v) is 12.7. The minimum Gasteiger partial charge on any atom is -0.496 e. The Balaban J connectivity index is 1.77. The van der Waals surface area contributed by atoms with Gasteiger partial charge in [-0.2, -0.15) is 0 Å². The van der Waals surface area contributed by atoms with Gasteiger partial charge in [-0.3, -0.25) is 4.79 Å². The van der Waals surface area contributed by atoms with Crippen LogP contribution in [-0.4, -0.2) is 13.4 Å². The van der Waals surface area contributed by atoms with Crippen LogP contribution in [0.4, 0.5) is 0 Å². The SMILES string of the molecule is COc1ccc(C[C]=O)cc1C12CC3CC(CC(C3)C1)C2. The highest BCUT2D eigenvalue weighted by atomic mass is 16.5. The lowest BCUT2D eigenvalue weighted by atomic mass is 9.48. The van der Waals surface area contributed by atoms with E-state index in [4.69, 9.17) is 4.74 Å². The van der Waals surface area contributed by atoms with Crippen LogP contribution >= 0.6 is 0 Å². The Kier molecular flexibility index (Phi) is 3.09. The molecule has 2 nitrogen and oxygen atoms in total. The molecule has 0 heterocycles. The highest BCUT2D eigenvalue weighted by Gasteiger charge is 2.52. The van der Waals surface area contributed by atoms with Crippen LogP contribution in [0.5, 0.6) is 5.75 Å². The zero-order chi connectivity index (χ0) is 14.4. The van der Waals surface area contributed by atoms with E-state index >= 15 is 0 Å². The Morgan fingerprint density at radius 1 is 1.14 bits per heavy atom. The predicted molar refractivity (Wildman–Crippen MR) is 82.2 cm³/mol. The molecule has 4 saturated carbocycles. The molecule has 5 rings (SSSR count). The van der Waals surface area contributed by atoms with Crippen molar-refractivity contribution in [3.63, 3.8) is 0 Å². The Bertz CT molecular complexity index is 525. The Morgan fingerprint density at radius 2 is 1.76 bits per heavy atom. The van der Waals surface area contributed by atoms with Crippen molar-refractivity contribution < 1.29 is 9.53 Å². The number of hydrogen-bond donors (Lipinski definition) is 0. The molecule has 4 aliphatic rings. The highest BCUT2D eigenvalue weighted by Crippen LogP contribution is 2.61. The smallest absolute Gasteiger partial charge is 0.203 e. The van der Waals surface area contributed by atoms with Gasteiger partial charge in [-0.25, -0.2) is 0 Å². The van der Waals surface area contributed by atoms with Crippen molar-refractivity contribution in [3.8, 4) is 5.75 Å². The number of hydrogen-bond acceptors (Lipinski definition) is 2. The number of carbonyl (C=O) groups excluding carboxylic acids is 1. The first-order valence-corrected chi connectivity index (χ1v) is 8.25. The average Bonchev–Trinajstić information content (AvgIpc) is 2.46. The van der Waals surface area contributed by atoms with Gasteiger partial charge >= 0.3 is 0 Å². The lowest BCUT2D eigenvalue weighted by Crippen LogP contribution is -2.48. The highest BCUT2D eigenvalue weighted by molar-refractivity contribution is 5.57. The predicted octanol–water partition coefficient (Wildman–Crippen LogP) is 3.82. The molecule has 111 valence electrons. The Labute approximate surface area is 126 Å². The summed E-state index contributed by atoms with van der Waals surface area (Å²) in [4.78, 5) is 10.7. The summed E-state index contributed by atoms with van der Waals surface area (Å²) < 4.78 is 5.67. The first kappa shape index (κ1) is 13.4. The van der Waals surface area contributed by atoms with Crippen LogP contribution in [0.2, 0.25) is 0 Å². The monoisotopic (exact) mass is 283 g/mol. The number of ether oxygens (including phenoxy) is 1. The van der Waals surface area contributed by atoms with Gasteiger partial charge in [0, 0.05) is 12.0 Å². The van der Waals surface area contributed by atoms with Crippen LogP contribution in [0.25, 0.3) is 0 Å². The van der Waals surface area contributed by atoms with E-state index < -0.39 is 0 Å². The second-order valence-corrected chi connectivity index (χ2v) is 7.55. The number of methoxy groups -OCH3 is 1. The maximum absolute atomic E-state index is 10.7. The normalized spacial score (nSPS) is 36.7. The molecule has 0 atom stereocenters. The van der Waals surface area contributed by atoms with Gasteiger partial charge in [0.15, 0.2) is 0 Å². The van der Waals surface area contributed by atoms with Crippen molar-refractivity contribution in [2.24, 2.45) is 17.8 Å². The van der Waals surface area contributed by atoms with E-state index in [9.17, 15) is 4.79 Å². The van der Waals surface area contributed by atoms with E-state index in [0.29, 0.717) is 11.8 Å². The third-order valence-electron chi connectivity index (χ3n) is 6.15. The standard InChI is InChI=1S/C19H23O2/c1-21-18-3-2-13(4-5-20)9-17(18)19-10-14-6-15(11-19)8-16(7-14)12-19/h2-3,9,14-16H,4,6-8,10-12H2,1H3. The van der Waals surface area contributed by atoms with E-state index in [1.807, 2.05) is 12.4 Å². The molecule has 21 heavy (non-hydrogen) atoms. The van der Waals surface area contributed by atoms with E-state index in [0.717, 1.165) is 29.1 Å². The van der Waals surface area contributed by atoms with E-state index in [2.05, 4.69) is 12.1 Å². The van der Waals surface area contributed by atoms with Crippen LogP contribution in [0.15, 0.2) is 18.2 Å². The molecule has 1 aromatic carbocycles. The minimum atomic E-state index is 0.318. The molecule has 0 unspecified atom stereocenters. The second kappa shape index (κ2) is 4.86. The van der Waals surface area contributed by atoms with Crippen molar-refractivity contribution in [3.05, 3.63) is 29.3 Å². The molecule has 0 N–H and O–H groups in total. The summed E-state index contributed by atoms with van der Waals surface area (Å²) in [6, 6.07) is 6.30. The molecule has 0 amide bonds. The average molecular weight is 283 g/mol. The van der Waals surface area contributed by atoms with Gasteiger partial charge in [0.05, 0.1) is 7.11 Å². The lowest BCUT2D eigenvalue weighted by molar-refractivity contribution is -0.00618. The minimum absolute atomic E-state index is 0.318. The largest absolute Gasteiger partial charge is 0.496 e. The third-order valence-corrected chi connectivity index (χ3v) is 6.15. The summed E-state index contributed by atoms with van der Waals surface area (Å²) in [5.74, 6) is 3.78. The van der Waals surface area contributed by atoms with Crippen LogP contribution in [0.3, 0.4) is 0 Å². The molecular formula is C19H23O2.